The molecule has 0 aromatic heterocycles. The first-order valence-electron chi connectivity index (χ1n) is 12.9. The van der Waals surface area contributed by atoms with Crippen molar-refractivity contribution < 1.29 is 9.59 Å². The molecule has 0 radical (unpaired) electrons. The number of amides is 2. The number of rotatable bonds is 5. The Balaban J connectivity index is 1.26. The zero-order valence-electron chi connectivity index (χ0n) is 20.8. The van der Waals surface area contributed by atoms with Crippen LogP contribution in [0, 0.1) is 5.92 Å². The van der Waals surface area contributed by atoms with E-state index in [0.29, 0.717) is 23.3 Å². The van der Waals surface area contributed by atoms with Gasteiger partial charge in [0, 0.05) is 29.4 Å². The van der Waals surface area contributed by atoms with Crippen LogP contribution >= 0.6 is 23.4 Å². The summed E-state index contributed by atoms with van der Waals surface area (Å²) < 4.78 is 0. The lowest BCUT2D eigenvalue weighted by atomic mass is 9.90. The summed E-state index contributed by atoms with van der Waals surface area (Å²) in [5.74, 6) is 0.563. The van der Waals surface area contributed by atoms with Crippen molar-refractivity contribution in [1.82, 2.24) is 4.90 Å². The number of benzene rings is 3. The molecule has 3 aromatic rings. The van der Waals surface area contributed by atoms with E-state index in [0.717, 1.165) is 43.6 Å². The smallest absolute Gasteiger partial charge is 0.269 e. The molecule has 2 unspecified atom stereocenters. The molecule has 1 spiro atoms. The Kier molecular flexibility index (Phi) is 6.51. The van der Waals surface area contributed by atoms with Crippen molar-refractivity contribution in [2.75, 3.05) is 29.6 Å². The number of halogens is 1. The molecule has 7 heteroatoms. The second-order valence-electron chi connectivity index (χ2n) is 10.2. The Morgan fingerprint density at radius 3 is 2.32 bits per heavy atom. The largest absolute Gasteiger partial charge is 0.295 e. The van der Waals surface area contributed by atoms with E-state index in [9.17, 15) is 9.59 Å². The fraction of sp³-hybridized carbons (Fsp3) is 0.333. The number of likely N-dealkylation sites (tertiary alicyclic amines) is 1. The predicted molar refractivity (Wildman–Crippen MR) is 151 cm³/mol. The zero-order chi connectivity index (χ0) is 25.6. The molecular formula is C30H30ClN3O2S. The molecule has 2 amide bonds. The number of carbonyl (C=O) groups is 2. The SMILES string of the molecule is CC1SC2(C(=O)N(CN3CCC(Cc4ccccc4)CC3)c3ccccc32)N(c2ccc(Cl)cc2)C1=O. The van der Waals surface area contributed by atoms with Gasteiger partial charge in [-0.15, -0.1) is 11.8 Å². The molecule has 2 atom stereocenters. The molecule has 3 heterocycles. The van der Waals surface area contributed by atoms with Gasteiger partial charge in [-0.2, -0.15) is 0 Å². The number of nitrogens with zero attached hydrogens (tertiary/aromatic N) is 3. The summed E-state index contributed by atoms with van der Waals surface area (Å²) in [5.41, 5.74) is 3.87. The molecule has 3 aliphatic heterocycles. The van der Waals surface area contributed by atoms with E-state index in [1.165, 1.54) is 17.3 Å². The monoisotopic (exact) mass is 531 g/mol. The highest BCUT2D eigenvalue weighted by atomic mass is 35.5. The molecule has 3 aromatic carbocycles. The van der Waals surface area contributed by atoms with Gasteiger partial charge in [0.2, 0.25) is 10.8 Å². The van der Waals surface area contributed by atoms with Gasteiger partial charge < -0.3 is 0 Å². The third kappa shape index (κ3) is 4.25. The molecule has 0 bridgehead atoms. The maximum atomic E-state index is 14.4. The van der Waals surface area contributed by atoms with Crippen molar-refractivity contribution in [3.63, 3.8) is 0 Å². The van der Waals surface area contributed by atoms with Gasteiger partial charge in [-0.1, -0.05) is 60.1 Å². The van der Waals surface area contributed by atoms with E-state index in [4.69, 9.17) is 11.6 Å². The highest BCUT2D eigenvalue weighted by Crippen LogP contribution is 2.57. The summed E-state index contributed by atoms with van der Waals surface area (Å²) in [6.45, 7) is 4.34. The second kappa shape index (κ2) is 9.82. The summed E-state index contributed by atoms with van der Waals surface area (Å²) in [6.07, 6.45) is 3.34. The van der Waals surface area contributed by atoms with Crippen LogP contribution in [-0.2, 0) is 20.9 Å². The van der Waals surface area contributed by atoms with Crippen LogP contribution in [0.3, 0.4) is 0 Å². The lowest BCUT2D eigenvalue weighted by molar-refractivity contribution is -0.124. The van der Waals surface area contributed by atoms with E-state index in [1.807, 2.05) is 48.2 Å². The van der Waals surface area contributed by atoms with Crippen molar-refractivity contribution in [3.8, 4) is 0 Å². The molecular weight excluding hydrogens is 502 g/mol. The number of hydrogen-bond acceptors (Lipinski definition) is 4. The van der Waals surface area contributed by atoms with Crippen molar-refractivity contribution >= 4 is 46.6 Å². The van der Waals surface area contributed by atoms with E-state index in [-0.39, 0.29) is 17.1 Å². The molecule has 2 fully saturated rings. The number of anilines is 2. The van der Waals surface area contributed by atoms with Crippen LogP contribution in [0.5, 0.6) is 0 Å². The Bertz CT molecular complexity index is 1310. The first kappa shape index (κ1) is 24.5. The third-order valence-corrected chi connectivity index (χ3v) is 9.55. The fourth-order valence-electron chi connectivity index (χ4n) is 5.95. The standard InChI is InChI=1S/C30H30ClN3O2S/c1-21-28(35)34(25-13-11-24(31)12-14-25)30(37-21)26-9-5-6-10-27(26)33(29(30)36)20-32-17-15-23(16-18-32)19-22-7-3-2-4-8-22/h2-14,21,23H,15-20H2,1H3. The lowest BCUT2D eigenvalue weighted by Crippen LogP contribution is -2.52. The summed E-state index contributed by atoms with van der Waals surface area (Å²) in [7, 11) is 0. The quantitative estimate of drug-likeness (QED) is 0.410. The minimum Gasteiger partial charge on any atom is -0.295 e. The normalized spacial score (nSPS) is 24.3. The molecule has 0 N–H and O–H groups in total. The predicted octanol–water partition coefficient (Wildman–Crippen LogP) is 5.92. The second-order valence-corrected chi connectivity index (χ2v) is 12.2. The van der Waals surface area contributed by atoms with Crippen LogP contribution in [0.4, 0.5) is 11.4 Å². The van der Waals surface area contributed by atoms with Gasteiger partial charge in [-0.05, 0) is 68.0 Å². The van der Waals surface area contributed by atoms with Crippen LogP contribution in [0.15, 0.2) is 78.9 Å². The van der Waals surface area contributed by atoms with Crippen LogP contribution in [0.25, 0.3) is 0 Å². The average Bonchev–Trinajstić information content (AvgIpc) is 3.32. The molecule has 5 nitrogen and oxygen atoms in total. The Hall–Kier alpha value is -2.80. The fourth-order valence-corrected chi connectivity index (χ4v) is 7.60. The minimum absolute atomic E-state index is 0.0437. The van der Waals surface area contributed by atoms with Crippen LogP contribution in [0.1, 0.15) is 30.9 Å². The van der Waals surface area contributed by atoms with Gasteiger partial charge in [0.25, 0.3) is 5.91 Å². The van der Waals surface area contributed by atoms with Crippen molar-refractivity contribution in [1.29, 1.82) is 0 Å². The van der Waals surface area contributed by atoms with Crippen LogP contribution in [0.2, 0.25) is 5.02 Å². The molecule has 0 saturated carbocycles. The van der Waals surface area contributed by atoms with Gasteiger partial charge in [0.1, 0.15) is 0 Å². The van der Waals surface area contributed by atoms with Crippen molar-refractivity contribution in [2.24, 2.45) is 5.92 Å². The summed E-state index contributed by atoms with van der Waals surface area (Å²) in [5, 5.41) is 0.266. The van der Waals surface area contributed by atoms with Crippen LogP contribution in [-0.4, -0.2) is 41.7 Å². The third-order valence-electron chi connectivity index (χ3n) is 7.83. The highest BCUT2D eigenvalue weighted by molar-refractivity contribution is 8.03. The number of piperidine rings is 1. The van der Waals surface area contributed by atoms with E-state index >= 15 is 0 Å². The van der Waals surface area contributed by atoms with E-state index in [2.05, 4.69) is 35.2 Å². The Morgan fingerprint density at radius 1 is 0.919 bits per heavy atom. The van der Waals surface area contributed by atoms with Crippen LogP contribution < -0.4 is 9.80 Å². The minimum atomic E-state index is -1.10. The van der Waals surface area contributed by atoms with Gasteiger partial charge in [0.15, 0.2) is 0 Å². The zero-order valence-corrected chi connectivity index (χ0v) is 22.4. The summed E-state index contributed by atoms with van der Waals surface area (Å²) in [6, 6.07) is 25.8. The first-order chi connectivity index (χ1) is 18.0. The van der Waals surface area contributed by atoms with Gasteiger partial charge >= 0.3 is 0 Å². The number of fused-ring (bicyclic) bond motifs is 2. The summed E-state index contributed by atoms with van der Waals surface area (Å²) in [4.78, 5) is 32.7. The average molecular weight is 532 g/mol. The summed E-state index contributed by atoms with van der Waals surface area (Å²) >= 11 is 7.58. The van der Waals surface area contributed by atoms with Gasteiger partial charge in [-0.3, -0.25) is 24.3 Å². The Morgan fingerprint density at radius 2 is 1.59 bits per heavy atom. The highest BCUT2D eigenvalue weighted by Gasteiger charge is 2.63. The van der Waals surface area contributed by atoms with Crippen molar-refractivity contribution in [3.05, 3.63) is 95.0 Å². The molecule has 190 valence electrons. The van der Waals surface area contributed by atoms with Crippen molar-refractivity contribution in [2.45, 2.75) is 36.3 Å². The first-order valence-corrected chi connectivity index (χ1v) is 14.2. The topological polar surface area (TPSA) is 43.9 Å². The number of thioether (sulfide) groups is 1. The lowest BCUT2D eigenvalue weighted by Gasteiger charge is -2.36. The van der Waals surface area contributed by atoms with E-state index < -0.39 is 4.87 Å². The number of hydrogen-bond donors (Lipinski definition) is 0. The van der Waals surface area contributed by atoms with Gasteiger partial charge in [0.05, 0.1) is 17.6 Å². The maximum absolute atomic E-state index is 14.4. The molecule has 2 saturated heterocycles. The maximum Gasteiger partial charge on any atom is 0.269 e. The molecule has 6 rings (SSSR count). The molecule has 37 heavy (non-hydrogen) atoms. The molecule has 0 aliphatic carbocycles. The number of para-hydroxylation sites is 1. The molecule has 3 aliphatic rings. The number of carbonyl (C=O) groups excluding carboxylic acids is 2. The van der Waals surface area contributed by atoms with Gasteiger partial charge in [-0.25, -0.2) is 0 Å². The Labute approximate surface area is 227 Å². The van der Waals surface area contributed by atoms with E-state index in [1.54, 1.807) is 17.0 Å².